The fourth-order valence-corrected chi connectivity index (χ4v) is 5.34. The Morgan fingerprint density at radius 3 is 2.61 bits per heavy atom. The van der Waals surface area contributed by atoms with Gasteiger partial charge >= 0.3 is 0 Å². The average molecular weight is 525 g/mol. The topological polar surface area (TPSA) is 133 Å². The van der Waals surface area contributed by atoms with E-state index in [1.54, 1.807) is 24.4 Å². The van der Waals surface area contributed by atoms with Crippen molar-refractivity contribution in [3.63, 3.8) is 0 Å². The monoisotopic (exact) mass is 524 g/mol. The third-order valence-electron chi connectivity index (χ3n) is 6.39. The Hall–Kier alpha value is -4.77. The first-order valence-electron chi connectivity index (χ1n) is 11.9. The minimum absolute atomic E-state index is 0.255. The minimum Gasteiger partial charge on any atom is -0.383 e. The fraction of sp³-hybridized carbons (Fsp3) is 0.111. The molecular weight excluding hydrogens is 500 g/mol. The molecule has 0 aliphatic rings. The van der Waals surface area contributed by atoms with Crippen molar-refractivity contribution in [1.29, 1.82) is 0 Å². The second-order valence-electron chi connectivity index (χ2n) is 9.04. The molecule has 0 spiro atoms. The maximum absolute atomic E-state index is 11.8. The van der Waals surface area contributed by atoms with Crippen LogP contribution in [-0.4, -0.2) is 43.8 Å². The van der Waals surface area contributed by atoms with Gasteiger partial charge in [0.2, 0.25) is 10.0 Å². The molecule has 1 aromatic carbocycles. The third kappa shape index (κ3) is 4.12. The Morgan fingerprint density at radius 1 is 0.974 bits per heavy atom. The van der Waals surface area contributed by atoms with Crippen LogP contribution in [0.3, 0.4) is 0 Å². The number of benzene rings is 1. The zero-order valence-electron chi connectivity index (χ0n) is 20.6. The summed E-state index contributed by atoms with van der Waals surface area (Å²) in [6.45, 7) is 2.05. The smallest absolute Gasteiger partial charge is 0.229 e. The molecule has 10 nitrogen and oxygen atoms in total. The number of hydrogen-bond acceptors (Lipinski definition) is 7. The summed E-state index contributed by atoms with van der Waals surface area (Å²) in [6, 6.07) is 20.8. The molecule has 38 heavy (non-hydrogen) atoms. The Bertz CT molecular complexity index is 1910. The highest BCUT2D eigenvalue weighted by Gasteiger charge is 2.25. The van der Waals surface area contributed by atoms with E-state index in [0.717, 1.165) is 28.7 Å². The first-order chi connectivity index (χ1) is 18.3. The van der Waals surface area contributed by atoms with Gasteiger partial charge in [0.05, 0.1) is 29.1 Å². The van der Waals surface area contributed by atoms with Gasteiger partial charge in [0.15, 0.2) is 5.65 Å². The van der Waals surface area contributed by atoms with Crippen molar-refractivity contribution in [2.24, 2.45) is 0 Å². The predicted octanol–water partition coefficient (Wildman–Crippen LogP) is 4.37. The van der Waals surface area contributed by atoms with Gasteiger partial charge in [-0.15, -0.1) is 0 Å². The molecule has 0 saturated heterocycles. The molecule has 190 valence electrons. The Labute approximate surface area is 218 Å². The van der Waals surface area contributed by atoms with E-state index >= 15 is 0 Å². The van der Waals surface area contributed by atoms with E-state index in [1.807, 2.05) is 47.3 Å². The predicted molar refractivity (Wildman–Crippen MR) is 148 cm³/mol. The highest BCUT2D eigenvalue weighted by molar-refractivity contribution is 7.92. The number of hydrogen-bond donors (Lipinski definition) is 2. The fourth-order valence-electron chi connectivity index (χ4n) is 4.78. The molecule has 3 N–H and O–H groups in total. The SMILES string of the molecule is CC(c1cc2ccccn2c1-c1ccccn1)n1nc(-c2cccc(NS(C)(=O)=O)c2)c2c(N)ncnc21. The zero-order chi connectivity index (χ0) is 26.4. The number of aromatic nitrogens is 6. The van der Waals surface area contributed by atoms with Gasteiger partial charge in [0.1, 0.15) is 17.8 Å². The summed E-state index contributed by atoms with van der Waals surface area (Å²) < 4.78 is 30.1. The second-order valence-corrected chi connectivity index (χ2v) is 10.8. The largest absolute Gasteiger partial charge is 0.383 e. The van der Waals surface area contributed by atoms with Crippen LogP contribution in [0.5, 0.6) is 0 Å². The first-order valence-corrected chi connectivity index (χ1v) is 13.8. The van der Waals surface area contributed by atoms with Gasteiger partial charge in [0, 0.05) is 34.7 Å². The average Bonchev–Trinajstić information content (AvgIpc) is 3.48. The van der Waals surface area contributed by atoms with Crippen molar-refractivity contribution in [3.8, 4) is 22.6 Å². The maximum atomic E-state index is 11.8. The lowest BCUT2D eigenvalue weighted by Gasteiger charge is -2.15. The van der Waals surface area contributed by atoms with Crippen LogP contribution in [0.2, 0.25) is 0 Å². The van der Waals surface area contributed by atoms with Gasteiger partial charge < -0.3 is 10.1 Å². The van der Waals surface area contributed by atoms with Crippen molar-refractivity contribution >= 4 is 38.1 Å². The highest BCUT2D eigenvalue weighted by Crippen LogP contribution is 2.37. The van der Waals surface area contributed by atoms with Crippen molar-refractivity contribution in [1.82, 2.24) is 29.1 Å². The van der Waals surface area contributed by atoms with Crippen LogP contribution in [0.15, 0.2) is 85.5 Å². The summed E-state index contributed by atoms with van der Waals surface area (Å²) in [6.07, 6.45) is 6.32. The molecule has 11 heteroatoms. The summed E-state index contributed by atoms with van der Waals surface area (Å²) in [4.78, 5) is 13.4. The molecule has 0 aliphatic heterocycles. The number of pyridine rings is 2. The van der Waals surface area contributed by atoms with E-state index in [0.29, 0.717) is 28.0 Å². The minimum atomic E-state index is -3.45. The quantitative estimate of drug-likeness (QED) is 0.330. The van der Waals surface area contributed by atoms with Gasteiger partial charge in [-0.3, -0.25) is 9.71 Å². The van der Waals surface area contributed by atoms with Gasteiger partial charge in [0.25, 0.3) is 0 Å². The van der Waals surface area contributed by atoms with Crippen molar-refractivity contribution in [3.05, 3.63) is 91.0 Å². The molecular formula is C27H24N8O2S. The van der Waals surface area contributed by atoms with Crippen molar-refractivity contribution in [2.75, 3.05) is 16.7 Å². The molecule has 6 rings (SSSR count). The molecule has 0 aliphatic carbocycles. The molecule has 0 amide bonds. The number of nitrogens with one attached hydrogen (secondary N) is 1. The molecule has 5 heterocycles. The van der Waals surface area contributed by atoms with Gasteiger partial charge in [-0.2, -0.15) is 5.10 Å². The number of anilines is 2. The van der Waals surface area contributed by atoms with E-state index in [2.05, 4.69) is 43.1 Å². The second kappa shape index (κ2) is 8.96. The Morgan fingerprint density at radius 2 is 1.82 bits per heavy atom. The molecule has 5 aromatic heterocycles. The highest BCUT2D eigenvalue weighted by atomic mass is 32.2. The number of rotatable bonds is 6. The molecule has 0 bridgehead atoms. The van der Waals surface area contributed by atoms with Crippen molar-refractivity contribution < 1.29 is 8.42 Å². The molecule has 0 radical (unpaired) electrons. The standard InChI is InChI=1S/C27H24N8O2S/c1-17(21-15-20-10-4-6-13-34(20)25(21)22-11-3-5-12-29-22)35-27-23(26(28)30-16-31-27)24(32-35)18-8-7-9-19(14-18)33-38(2,36)37/h3-17,33H,1-2H3,(H2,28,30,31). The summed E-state index contributed by atoms with van der Waals surface area (Å²) in [5.41, 5.74) is 12.4. The third-order valence-corrected chi connectivity index (χ3v) is 7.00. The van der Waals surface area contributed by atoms with E-state index in [1.165, 1.54) is 6.33 Å². The molecule has 0 fully saturated rings. The Balaban J connectivity index is 1.56. The van der Waals surface area contributed by atoms with Gasteiger partial charge in [-0.1, -0.05) is 24.3 Å². The van der Waals surface area contributed by atoms with Crippen LogP contribution in [0.4, 0.5) is 11.5 Å². The van der Waals surface area contributed by atoms with Crippen LogP contribution in [0, 0.1) is 0 Å². The van der Waals surface area contributed by atoms with Crippen LogP contribution in [0.1, 0.15) is 18.5 Å². The lowest BCUT2D eigenvalue weighted by Crippen LogP contribution is -2.10. The van der Waals surface area contributed by atoms with E-state index in [4.69, 9.17) is 10.8 Å². The summed E-state index contributed by atoms with van der Waals surface area (Å²) in [5, 5.41) is 5.56. The molecule has 0 saturated carbocycles. The zero-order valence-corrected chi connectivity index (χ0v) is 21.5. The normalized spacial score (nSPS) is 12.7. The van der Waals surface area contributed by atoms with Gasteiger partial charge in [-0.05, 0) is 49.4 Å². The van der Waals surface area contributed by atoms with E-state index in [9.17, 15) is 8.42 Å². The summed E-state index contributed by atoms with van der Waals surface area (Å²) in [7, 11) is -3.45. The number of nitrogen functional groups attached to an aromatic ring is 1. The van der Waals surface area contributed by atoms with Crippen LogP contribution in [-0.2, 0) is 10.0 Å². The number of nitrogens with zero attached hydrogens (tertiary/aromatic N) is 6. The van der Waals surface area contributed by atoms with E-state index in [-0.39, 0.29) is 11.9 Å². The summed E-state index contributed by atoms with van der Waals surface area (Å²) in [5.74, 6) is 0.289. The lowest BCUT2D eigenvalue weighted by atomic mass is 10.1. The summed E-state index contributed by atoms with van der Waals surface area (Å²) >= 11 is 0. The van der Waals surface area contributed by atoms with Crippen LogP contribution >= 0.6 is 0 Å². The number of nitrogens with two attached hydrogens (primary N) is 1. The maximum Gasteiger partial charge on any atom is 0.229 e. The molecule has 1 unspecified atom stereocenters. The first kappa shape index (κ1) is 23.6. The van der Waals surface area contributed by atoms with Crippen LogP contribution in [0.25, 0.3) is 39.2 Å². The number of fused-ring (bicyclic) bond motifs is 2. The van der Waals surface area contributed by atoms with E-state index < -0.39 is 10.0 Å². The van der Waals surface area contributed by atoms with Crippen LogP contribution < -0.4 is 10.5 Å². The molecule has 1 atom stereocenters. The lowest BCUT2D eigenvalue weighted by molar-refractivity contribution is 0.582. The Kier molecular flexibility index (Phi) is 5.57. The van der Waals surface area contributed by atoms with Crippen molar-refractivity contribution in [2.45, 2.75) is 13.0 Å². The van der Waals surface area contributed by atoms with Gasteiger partial charge in [-0.25, -0.2) is 23.1 Å². The molecule has 6 aromatic rings. The number of sulfonamides is 1.